The molecule has 144 valence electrons. The largest absolute Gasteiger partial charge is 0.451 e. The van der Waals surface area contributed by atoms with Gasteiger partial charge in [0.15, 0.2) is 17.4 Å². The first kappa shape index (κ1) is 17.6. The van der Waals surface area contributed by atoms with Crippen molar-refractivity contribution in [2.75, 3.05) is 5.32 Å². The van der Waals surface area contributed by atoms with Crippen LogP contribution in [0.3, 0.4) is 0 Å². The van der Waals surface area contributed by atoms with Crippen LogP contribution < -0.4 is 5.32 Å². The highest BCUT2D eigenvalue weighted by atomic mass is 16.3. The van der Waals surface area contributed by atoms with Gasteiger partial charge in [-0.1, -0.05) is 36.4 Å². The Morgan fingerprint density at radius 3 is 2.73 bits per heavy atom. The number of carbonyl (C=O) groups is 1. The molecule has 5 aromatic rings. The van der Waals surface area contributed by atoms with Gasteiger partial charge in [0.1, 0.15) is 17.2 Å². The summed E-state index contributed by atoms with van der Waals surface area (Å²) in [6.45, 7) is 1.83. The lowest BCUT2D eigenvalue weighted by Gasteiger charge is -2.09. The number of carbonyl (C=O) groups excluding carboxylic acids is 1. The monoisotopic (exact) mass is 393 g/mol. The normalized spacial score (nSPS) is 10.9. The molecule has 30 heavy (non-hydrogen) atoms. The predicted molar refractivity (Wildman–Crippen MR) is 112 cm³/mol. The molecule has 3 heterocycles. The van der Waals surface area contributed by atoms with Crippen LogP contribution in [0.25, 0.3) is 27.7 Å². The molecular formula is C23H15N5O2. The van der Waals surface area contributed by atoms with E-state index < -0.39 is 5.91 Å². The van der Waals surface area contributed by atoms with Crippen LogP contribution in [-0.4, -0.2) is 20.7 Å². The Kier molecular flexibility index (Phi) is 4.04. The third-order valence-electron chi connectivity index (χ3n) is 4.97. The zero-order chi connectivity index (χ0) is 20.7. The van der Waals surface area contributed by atoms with E-state index in [4.69, 9.17) is 4.42 Å². The molecular weight excluding hydrogens is 378 g/mol. The molecule has 3 aromatic heterocycles. The maximum Gasteiger partial charge on any atom is 0.292 e. The highest BCUT2D eigenvalue weighted by Gasteiger charge is 2.22. The zero-order valence-electron chi connectivity index (χ0n) is 16.0. The van der Waals surface area contributed by atoms with Crippen molar-refractivity contribution in [2.24, 2.45) is 0 Å². The van der Waals surface area contributed by atoms with Crippen molar-refractivity contribution in [3.63, 3.8) is 0 Å². The summed E-state index contributed by atoms with van der Waals surface area (Å²) in [7, 11) is 0. The fraction of sp³-hybridized carbons (Fsp3) is 0.0435. The minimum atomic E-state index is -0.456. The average molecular weight is 393 g/mol. The second kappa shape index (κ2) is 6.87. The Morgan fingerprint density at radius 1 is 1.10 bits per heavy atom. The first-order chi connectivity index (χ1) is 14.7. The molecule has 0 spiro atoms. The van der Waals surface area contributed by atoms with Crippen LogP contribution in [0.15, 0.2) is 71.3 Å². The van der Waals surface area contributed by atoms with Crippen molar-refractivity contribution in [3.05, 3.63) is 83.7 Å². The summed E-state index contributed by atoms with van der Waals surface area (Å²) in [5.74, 6) is 0.471. The number of anilines is 1. The number of amides is 1. The van der Waals surface area contributed by atoms with Gasteiger partial charge in [-0.3, -0.25) is 4.79 Å². The predicted octanol–water partition coefficient (Wildman–Crippen LogP) is 4.60. The van der Waals surface area contributed by atoms with Crippen LogP contribution in [0.5, 0.6) is 0 Å². The van der Waals surface area contributed by atoms with Crippen molar-refractivity contribution in [2.45, 2.75) is 6.92 Å². The Balaban J connectivity index is 1.57. The van der Waals surface area contributed by atoms with E-state index in [9.17, 15) is 10.1 Å². The van der Waals surface area contributed by atoms with Gasteiger partial charge >= 0.3 is 0 Å². The van der Waals surface area contributed by atoms with E-state index >= 15 is 0 Å². The van der Waals surface area contributed by atoms with Gasteiger partial charge in [0.05, 0.1) is 11.7 Å². The minimum Gasteiger partial charge on any atom is -0.451 e. The number of nitrogens with zero attached hydrogens (tertiary/aromatic N) is 4. The molecule has 0 aliphatic heterocycles. The molecule has 1 amide bonds. The molecule has 1 N–H and O–H groups in total. The van der Waals surface area contributed by atoms with Gasteiger partial charge in [0.25, 0.3) is 5.91 Å². The molecule has 2 aromatic carbocycles. The first-order valence-electron chi connectivity index (χ1n) is 9.29. The smallest absolute Gasteiger partial charge is 0.292 e. The third-order valence-corrected chi connectivity index (χ3v) is 4.97. The Morgan fingerprint density at radius 2 is 1.90 bits per heavy atom. The third kappa shape index (κ3) is 2.79. The van der Waals surface area contributed by atoms with Gasteiger partial charge in [-0.05, 0) is 31.2 Å². The van der Waals surface area contributed by atoms with Crippen molar-refractivity contribution in [1.82, 2.24) is 14.8 Å². The lowest BCUT2D eigenvalue weighted by atomic mass is 10.1. The summed E-state index contributed by atoms with van der Waals surface area (Å²) < 4.78 is 7.19. The van der Waals surface area contributed by atoms with Gasteiger partial charge in [-0.2, -0.15) is 15.0 Å². The number of aryl methyl sites for hydroxylation is 1. The fourth-order valence-electron chi connectivity index (χ4n) is 3.45. The molecule has 0 atom stereocenters. The average Bonchev–Trinajstić information content (AvgIpc) is 3.34. The van der Waals surface area contributed by atoms with E-state index in [1.165, 1.54) is 10.9 Å². The molecule has 0 unspecified atom stereocenters. The number of nitrogens with one attached hydrogen (secondary N) is 1. The SMILES string of the molecule is Cc1c(C(=O)Nc2c(C#N)cnn2-c2ccc3ccccc3n2)oc2ccccc12. The number of fused-ring (bicyclic) bond motifs is 2. The topological polar surface area (TPSA) is 96.7 Å². The van der Waals surface area contributed by atoms with Crippen LogP contribution >= 0.6 is 0 Å². The van der Waals surface area contributed by atoms with E-state index in [2.05, 4.69) is 21.5 Å². The van der Waals surface area contributed by atoms with E-state index in [0.717, 1.165) is 21.9 Å². The van der Waals surface area contributed by atoms with Crippen LogP contribution in [0.4, 0.5) is 5.82 Å². The Labute approximate surface area is 171 Å². The molecule has 0 aliphatic carbocycles. The highest BCUT2D eigenvalue weighted by molar-refractivity contribution is 6.06. The number of aromatic nitrogens is 3. The summed E-state index contributed by atoms with van der Waals surface area (Å²) in [6, 6.07) is 20.9. The number of hydrogen-bond acceptors (Lipinski definition) is 5. The maximum atomic E-state index is 13.0. The molecule has 0 aliphatic rings. The first-order valence-corrected chi connectivity index (χ1v) is 9.29. The second-order valence-electron chi connectivity index (χ2n) is 6.80. The molecule has 0 radical (unpaired) electrons. The van der Waals surface area contributed by atoms with Gasteiger partial charge in [-0.25, -0.2) is 4.98 Å². The maximum absolute atomic E-state index is 13.0. The molecule has 7 heteroatoms. The lowest BCUT2D eigenvalue weighted by molar-refractivity contribution is 0.0997. The number of para-hydroxylation sites is 2. The van der Waals surface area contributed by atoms with Crippen molar-refractivity contribution in [1.29, 1.82) is 5.26 Å². The number of furan rings is 1. The van der Waals surface area contributed by atoms with Gasteiger partial charge in [-0.15, -0.1) is 0 Å². The second-order valence-corrected chi connectivity index (χ2v) is 6.80. The van der Waals surface area contributed by atoms with E-state index in [1.54, 1.807) is 6.07 Å². The quantitative estimate of drug-likeness (QED) is 0.483. The Bertz CT molecular complexity index is 1470. The number of hydrogen-bond donors (Lipinski definition) is 1. The summed E-state index contributed by atoms with van der Waals surface area (Å²) in [5, 5.41) is 18.4. The van der Waals surface area contributed by atoms with Gasteiger partial charge in [0.2, 0.25) is 0 Å². The fourth-order valence-corrected chi connectivity index (χ4v) is 3.45. The van der Waals surface area contributed by atoms with Crippen molar-refractivity contribution >= 4 is 33.6 Å². The highest BCUT2D eigenvalue weighted by Crippen LogP contribution is 2.27. The van der Waals surface area contributed by atoms with Gasteiger partial charge < -0.3 is 9.73 Å². The minimum absolute atomic E-state index is 0.194. The van der Waals surface area contributed by atoms with E-state index in [1.807, 2.05) is 61.5 Å². The summed E-state index contributed by atoms with van der Waals surface area (Å²) in [5.41, 5.74) is 2.38. The Hall–Kier alpha value is -4.44. The van der Waals surface area contributed by atoms with Crippen LogP contribution in [0.1, 0.15) is 21.7 Å². The lowest BCUT2D eigenvalue weighted by Crippen LogP contribution is -2.16. The molecule has 0 fully saturated rings. The number of nitriles is 1. The molecule has 5 rings (SSSR count). The van der Waals surface area contributed by atoms with Crippen LogP contribution in [-0.2, 0) is 0 Å². The van der Waals surface area contributed by atoms with Gasteiger partial charge in [0, 0.05) is 16.3 Å². The molecule has 7 nitrogen and oxygen atoms in total. The summed E-state index contributed by atoms with van der Waals surface area (Å²) in [4.78, 5) is 17.6. The van der Waals surface area contributed by atoms with Crippen molar-refractivity contribution in [3.8, 4) is 11.9 Å². The number of benzene rings is 2. The molecule has 0 bridgehead atoms. The van der Waals surface area contributed by atoms with Crippen LogP contribution in [0.2, 0.25) is 0 Å². The number of rotatable bonds is 3. The van der Waals surface area contributed by atoms with E-state index in [-0.39, 0.29) is 17.1 Å². The summed E-state index contributed by atoms with van der Waals surface area (Å²) >= 11 is 0. The zero-order valence-corrected chi connectivity index (χ0v) is 16.0. The molecule has 0 saturated carbocycles. The molecule has 0 saturated heterocycles. The van der Waals surface area contributed by atoms with E-state index in [0.29, 0.717) is 11.4 Å². The number of pyridine rings is 1. The van der Waals surface area contributed by atoms with Crippen LogP contribution in [0, 0.1) is 18.3 Å². The van der Waals surface area contributed by atoms with Crippen molar-refractivity contribution < 1.29 is 9.21 Å². The standard InChI is InChI=1S/C23H15N5O2/c1-14-17-7-3-5-9-19(17)30-21(14)23(29)27-22-16(12-24)13-25-28(22)20-11-10-15-6-2-4-8-18(15)26-20/h2-11,13H,1H3,(H,27,29). The summed E-state index contributed by atoms with van der Waals surface area (Å²) in [6.07, 6.45) is 1.40.